The number of aryl methyl sites for hydroxylation is 2. The number of nitrogens with zero attached hydrogens (tertiary/aromatic N) is 3. The number of aromatic nitrogens is 1. The number of nitrogens with two attached hydrogens (primary N) is 1. The number of hydrogen-bond acceptors (Lipinski definition) is 6. The highest BCUT2D eigenvalue weighted by atomic mass is 32.1. The number of ether oxygens (including phenoxy) is 1. The second kappa shape index (κ2) is 5.20. The molecule has 4 rings (SSSR count). The Morgan fingerprint density at radius 1 is 1.38 bits per heavy atom. The Morgan fingerprint density at radius 2 is 2.08 bits per heavy atom. The van der Waals surface area contributed by atoms with Gasteiger partial charge in [0.25, 0.3) is 0 Å². The molecule has 2 aromatic heterocycles. The summed E-state index contributed by atoms with van der Waals surface area (Å²) >= 11 is 1.66. The Morgan fingerprint density at radius 3 is 2.75 bits per heavy atom. The Hall–Kier alpha value is -2.10. The van der Waals surface area contributed by atoms with E-state index in [2.05, 4.69) is 31.0 Å². The second-order valence-corrected chi connectivity index (χ2v) is 7.86. The number of allylic oxidation sites excluding steroid dienone is 1. The maximum Gasteiger partial charge on any atom is 0.205 e. The van der Waals surface area contributed by atoms with Crippen LogP contribution in [0.3, 0.4) is 0 Å². The molecule has 6 heteroatoms. The molecule has 4 heterocycles. The smallest absolute Gasteiger partial charge is 0.205 e. The fourth-order valence-electron chi connectivity index (χ4n) is 3.97. The van der Waals surface area contributed by atoms with E-state index in [1.165, 1.54) is 0 Å². The van der Waals surface area contributed by atoms with Gasteiger partial charge in [-0.2, -0.15) is 5.26 Å². The summed E-state index contributed by atoms with van der Waals surface area (Å²) in [6.45, 7) is 5.97. The van der Waals surface area contributed by atoms with E-state index in [-0.39, 0.29) is 11.3 Å². The number of fused-ring (bicyclic) bond motifs is 4. The van der Waals surface area contributed by atoms with Gasteiger partial charge in [0.1, 0.15) is 16.5 Å². The van der Waals surface area contributed by atoms with E-state index in [4.69, 9.17) is 15.5 Å². The lowest BCUT2D eigenvalue weighted by Gasteiger charge is -2.42. The van der Waals surface area contributed by atoms with Gasteiger partial charge < -0.3 is 15.4 Å². The third kappa shape index (κ3) is 1.98. The van der Waals surface area contributed by atoms with Crippen LogP contribution in [0.1, 0.15) is 29.0 Å². The summed E-state index contributed by atoms with van der Waals surface area (Å²) in [4.78, 5) is 9.09. The van der Waals surface area contributed by atoms with E-state index >= 15 is 0 Å². The molecule has 1 spiro atoms. The third-order valence-corrected chi connectivity index (χ3v) is 6.54. The zero-order valence-corrected chi connectivity index (χ0v) is 15.0. The molecule has 1 fully saturated rings. The molecular weight excluding hydrogens is 320 g/mol. The highest BCUT2D eigenvalue weighted by Crippen LogP contribution is 2.55. The molecular formula is C18H20N4OS. The van der Waals surface area contributed by atoms with Crippen molar-refractivity contribution in [3.05, 3.63) is 33.7 Å². The quantitative estimate of drug-likeness (QED) is 0.798. The summed E-state index contributed by atoms with van der Waals surface area (Å²) < 4.78 is 5.96. The number of rotatable bonds is 0. The number of nitriles is 1. The average Bonchev–Trinajstić information content (AvgIpc) is 2.89. The zero-order chi connectivity index (χ0) is 17.1. The lowest BCUT2D eigenvalue weighted by Crippen LogP contribution is -2.44. The number of thiophene rings is 1. The molecule has 0 aromatic carbocycles. The van der Waals surface area contributed by atoms with Gasteiger partial charge in [0, 0.05) is 5.69 Å². The maximum absolute atomic E-state index is 9.75. The van der Waals surface area contributed by atoms with Crippen molar-refractivity contribution < 1.29 is 4.74 Å². The fourth-order valence-corrected chi connectivity index (χ4v) is 5.45. The van der Waals surface area contributed by atoms with Crippen molar-refractivity contribution in [1.82, 2.24) is 9.88 Å². The van der Waals surface area contributed by atoms with Gasteiger partial charge in [-0.15, -0.1) is 11.3 Å². The van der Waals surface area contributed by atoms with Crippen molar-refractivity contribution in [3.8, 4) is 11.8 Å². The van der Waals surface area contributed by atoms with Gasteiger partial charge in [-0.1, -0.05) is 0 Å². The Bertz CT molecular complexity index is 913. The standard InChI is InChI=1S/C18H20N4OS/c1-10-8-11(2)21-17-13(10)14-15(24-17)18(4-6-22(3)7-5-18)12(9-19)16(20)23-14/h8H,4-7,20H2,1-3H3. The molecule has 0 amide bonds. The SMILES string of the molecule is Cc1cc(C)c2c3c(sc2n1)C1(CCN(C)CC1)C(C#N)=C(N)O3. The number of pyridine rings is 1. The van der Waals surface area contributed by atoms with Gasteiger partial charge in [-0.3, -0.25) is 0 Å². The van der Waals surface area contributed by atoms with Crippen molar-refractivity contribution in [2.24, 2.45) is 5.73 Å². The lowest BCUT2D eigenvalue weighted by molar-refractivity contribution is 0.202. The van der Waals surface area contributed by atoms with E-state index in [0.717, 1.165) is 58.0 Å². The Balaban J connectivity index is 2.01. The van der Waals surface area contributed by atoms with Crippen molar-refractivity contribution in [1.29, 1.82) is 5.26 Å². The molecule has 0 saturated carbocycles. The first-order chi connectivity index (χ1) is 11.5. The van der Waals surface area contributed by atoms with E-state index in [1.807, 2.05) is 6.92 Å². The van der Waals surface area contributed by atoms with E-state index < -0.39 is 0 Å². The molecule has 2 aliphatic rings. The molecule has 0 bridgehead atoms. The maximum atomic E-state index is 9.75. The predicted octanol–water partition coefficient (Wildman–Crippen LogP) is 2.96. The number of piperidine rings is 1. The highest BCUT2D eigenvalue weighted by Gasteiger charge is 2.48. The molecule has 0 radical (unpaired) electrons. The van der Waals surface area contributed by atoms with Gasteiger partial charge >= 0.3 is 0 Å². The molecule has 124 valence electrons. The van der Waals surface area contributed by atoms with Gasteiger partial charge in [0.05, 0.1) is 15.7 Å². The monoisotopic (exact) mass is 340 g/mol. The fraction of sp³-hybridized carbons (Fsp3) is 0.444. The van der Waals surface area contributed by atoms with Crippen molar-refractivity contribution in [3.63, 3.8) is 0 Å². The summed E-state index contributed by atoms with van der Waals surface area (Å²) in [7, 11) is 2.12. The minimum absolute atomic E-state index is 0.259. The minimum atomic E-state index is -0.329. The van der Waals surface area contributed by atoms with Gasteiger partial charge in [-0.05, 0) is 58.5 Å². The zero-order valence-electron chi connectivity index (χ0n) is 14.1. The Labute approximate surface area is 145 Å². The summed E-state index contributed by atoms with van der Waals surface area (Å²) in [5.41, 5.74) is 8.58. The van der Waals surface area contributed by atoms with Gasteiger partial charge in [0.15, 0.2) is 5.75 Å². The molecule has 2 aromatic rings. The summed E-state index contributed by atoms with van der Waals surface area (Å²) in [6, 6.07) is 4.41. The van der Waals surface area contributed by atoms with Crippen LogP contribution in [0, 0.1) is 25.2 Å². The molecule has 24 heavy (non-hydrogen) atoms. The average molecular weight is 340 g/mol. The molecule has 1 saturated heterocycles. The van der Waals surface area contributed by atoms with Crippen LogP contribution in [0.15, 0.2) is 17.5 Å². The molecule has 2 N–H and O–H groups in total. The van der Waals surface area contributed by atoms with Crippen LogP contribution < -0.4 is 10.5 Å². The van der Waals surface area contributed by atoms with E-state index in [1.54, 1.807) is 11.3 Å². The largest absolute Gasteiger partial charge is 0.439 e. The first-order valence-electron chi connectivity index (χ1n) is 8.14. The third-order valence-electron chi connectivity index (χ3n) is 5.27. The summed E-state index contributed by atoms with van der Waals surface area (Å²) in [5.74, 6) is 1.08. The molecule has 0 aliphatic carbocycles. The molecule has 5 nitrogen and oxygen atoms in total. The van der Waals surface area contributed by atoms with Crippen LogP contribution in [-0.4, -0.2) is 30.0 Å². The van der Waals surface area contributed by atoms with Gasteiger partial charge in [0.2, 0.25) is 5.88 Å². The minimum Gasteiger partial charge on any atom is -0.439 e. The normalized spacial score (nSPS) is 20.1. The molecule has 0 unspecified atom stereocenters. The predicted molar refractivity (Wildman–Crippen MR) is 95.0 cm³/mol. The van der Waals surface area contributed by atoms with Crippen LogP contribution in [0.5, 0.6) is 5.75 Å². The molecule has 2 aliphatic heterocycles. The van der Waals surface area contributed by atoms with E-state index in [0.29, 0.717) is 5.57 Å². The first-order valence-corrected chi connectivity index (χ1v) is 8.96. The number of likely N-dealkylation sites (tertiary alicyclic amines) is 1. The molecule has 0 atom stereocenters. The summed E-state index contributed by atoms with van der Waals surface area (Å²) in [5, 5.41) is 10.8. The van der Waals surface area contributed by atoms with Crippen LogP contribution in [0.25, 0.3) is 10.2 Å². The highest BCUT2D eigenvalue weighted by molar-refractivity contribution is 7.19. The number of hydrogen-bond donors (Lipinski definition) is 1. The summed E-state index contributed by atoms with van der Waals surface area (Å²) in [6.07, 6.45) is 1.77. The Kier molecular flexibility index (Phi) is 3.34. The topological polar surface area (TPSA) is 75.2 Å². The van der Waals surface area contributed by atoms with E-state index in [9.17, 15) is 5.26 Å². The second-order valence-electron chi connectivity index (χ2n) is 6.86. The van der Waals surface area contributed by atoms with Crippen LogP contribution >= 0.6 is 11.3 Å². The van der Waals surface area contributed by atoms with Crippen LogP contribution in [-0.2, 0) is 5.41 Å². The van der Waals surface area contributed by atoms with Gasteiger partial charge in [-0.25, -0.2) is 4.98 Å². The van der Waals surface area contributed by atoms with Crippen molar-refractivity contribution >= 4 is 21.6 Å². The van der Waals surface area contributed by atoms with Crippen LogP contribution in [0.2, 0.25) is 0 Å². The van der Waals surface area contributed by atoms with Crippen LogP contribution in [0.4, 0.5) is 0 Å². The van der Waals surface area contributed by atoms with Crippen molar-refractivity contribution in [2.45, 2.75) is 32.1 Å². The lowest BCUT2D eigenvalue weighted by atomic mass is 9.70. The van der Waals surface area contributed by atoms with Crippen molar-refractivity contribution in [2.75, 3.05) is 20.1 Å². The first kappa shape index (κ1) is 15.4.